The quantitative estimate of drug-likeness (QED) is 0.178. The Morgan fingerprint density at radius 2 is 1.64 bits per heavy atom. The molecule has 3 aromatic rings. The summed E-state index contributed by atoms with van der Waals surface area (Å²) in [6, 6.07) is 13.9. The predicted molar refractivity (Wildman–Crippen MR) is 181 cm³/mol. The lowest BCUT2D eigenvalue weighted by Gasteiger charge is -2.40. The van der Waals surface area contributed by atoms with Crippen molar-refractivity contribution in [3.63, 3.8) is 0 Å². The zero-order valence-corrected chi connectivity index (χ0v) is 28.7. The van der Waals surface area contributed by atoms with E-state index in [2.05, 4.69) is 49.1 Å². The summed E-state index contributed by atoms with van der Waals surface area (Å²) >= 11 is 0. The molecule has 13 heteroatoms. The zero-order chi connectivity index (χ0) is 34.3. The molecule has 0 bridgehead atoms. The number of benzene rings is 3. The van der Waals surface area contributed by atoms with Crippen LogP contribution in [0.15, 0.2) is 63.3 Å². The largest absolute Gasteiger partial charge is 0.481 e. The van der Waals surface area contributed by atoms with Crippen LogP contribution in [0.5, 0.6) is 0 Å². The number of unbranched alkanes of at least 4 members (excludes halogenated alkanes) is 2. The number of carboxylic acid groups (broad SMARTS) is 1. The van der Waals surface area contributed by atoms with E-state index in [-0.39, 0.29) is 18.5 Å². The van der Waals surface area contributed by atoms with Crippen molar-refractivity contribution in [1.82, 2.24) is 0 Å². The first-order valence-electron chi connectivity index (χ1n) is 15.6. The predicted octanol–water partition coefficient (Wildman–Crippen LogP) is 5.32. The number of rotatable bonds is 11. The summed E-state index contributed by atoms with van der Waals surface area (Å²) in [6.07, 6.45) is 3.87. The van der Waals surface area contributed by atoms with E-state index >= 15 is 0 Å². The summed E-state index contributed by atoms with van der Waals surface area (Å²) in [7, 11) is -5.50. The fourth-order valence-electron chi connectivity index (χ4n) is 6.61. The Morgan fingerprint density at radius 3 is 2.30 bits per heavy atom. The topological polar surface area (TPSA) is 165 Å². The Morgan fingerprint density at radius 1 is 0.915 bits per heavy atom. The third-order valence-corrected chi connectivity index (χ3v) is 10.9. The van der Waals surface area contributed by atoms with Crippen molar-refractivity contribution < 1.29 is 35.8 Å². The number of hydrogen-bond donors (Lipinski definition) is 3. The van der Waals surface area contributed by atoms with Crippen LogP contribution in [0.25, 0.3) is 0 Å². The Balaban J connectivity index is 1.59. The Hall–Kier alpha value is -3.78. The van der Waals surface area contributed by atoms with E-state index in [1.54, 1.807) is 0 Å². The number of nitrogens with zero attached hydrogens (tertiary/aromatic N) is 3. The van der Waals surface area contributed by atoms with E-state index in [0.717, 1.165) is 82.7 Å². The molecule has 11 nitrogen and oxygen atoms in total. The van der Waals surface area contributed by atoms with Gasteiger partial charge in [0.2, 0.25) is 0 Å². The van der Waals surface area contributed by atoms with Crippen LogP contribution < -0.4 is 9.80 Å². The lowest BCUT2D eigenvalue weighted by Crippen LogP contribution is -2.34. The van der Waals surface area contributed by atoms with Gasteiger partial charge in [0.05, 0.1) is 10.6 Å². The summed E-state index contributed by atoms with van der Waals surface area (Å²) < 4.78 is 67.5. The summed E-state index contributed by atoms with van der Waals surface area (Å²) in [6.45, 7) is 5.61. The van der Waals surface area contributed by atoms with Crippen LogP contribution in [0.2, 0.25) is 0 Å². The number of aliphatic imine (C=N–C) groups is 1. The number of carboxylic acids is 1. The Kier molecular flexibility index (Phi) is 9.57. The van der Waals surface area contributed by atoms with E-state index < -0.39 is 41.4 Å². The molecule has 0 saturated heterocycles. The minimum absolute atomic E-state index is 0.0890. The molecule has 0 radical (unpaired) electrons. The molecule has 1 aliphatic heterocycles. The van der Waals surface area contributed by atoms with Gasteiger partial charge in [-0.1, -0.05) is 32.4 Å². The number of aryl methyl sites for hydroxylation is 1. The molecule has 252 valence electrons. The highest BCUT2D eigenvalue weighted by atomic mass is 32.2. The number of carbonyl (C=O) groups is 1. The maximum atomic E-state index is 12.3. The second kappa shape index (κ2) is 13.0. The molecular formula is C34H41N3O8S2. The zero-order valence-electron chi connectivity index (χ0n) is 27.0. The molecule has 1 aliphatic carbocycles. The van der Waals surface area contributed by atoms with Crippen LogP contribution in [0.4, 0.5) is 11.4 Å². The van der Waals surface area contributed by atoms with Crippen molar-refractivity contribution in [1.29, 1.82) is 0 Å². The molecule has 0 spiro atoms. The van der Waals surface area contributed by atoms with Crippen molar-refractivity contribution in [3.05, 3.63) is 81.9 Å². The summed E-state index contributed by atoms with van der Waals surface area (Å²) in [4.78, 5) is 19.0. The molecule has 1 heterocycles. The monoisotopic (exact) mass is 683 g/mol. The van der Waals surface area contributed by atoms with Gasteiger partial charge in [-0.3, -0.25) is 18.9 Å². The molecule has 0 saturated carbocycles. The molecule has 0 atom stereocenters. The number of aliphatic carboxylic acids is 1. The van der Waals surface area contributed by atoms with Crippen LogP contribution in [0, 0.1) is 0 Å². The minimum atomic E-state index is -4.80. The third kappa shape index (κ3) is 7.23. The van der Waals surface area contributed by atoms with E-state index in [9.17, 15) is 30.7 Å². The standard InChI is InChI=1S/C34H41N3O8S2/c1-34(2)28-18-24(36(3)4)12-14-26(28)33(35-15-7-5-6-10-32(38)39)27-17-22-9-8-16-37(30(22)20-29(27)34)21-23-11-13-25(46(40,41)42)19-31(23)47(43,44)45/h11-14,17-20H,5-10,15-16,21H2,1-4H3,(H,38,39)(H,40,41,42)(H,43,44,45). The highest BCUT2D eigenvalue weighted by molar-refractivity contribution is 7.86. The van der Waals surface area contributed by atoms with E-state index in [4.69, 9.17) is 10.1 Å². The normalized spacial score (nSPS) is 16.4. The molecule has 5 rings (SSSR count). The first kappa shape index (κ1) is 34.6. The van der Waals surface area contributed by atoms with Crippen LogP contribution in [-0.4, -0.2) is 69.9 Å². The Labute approximate surface area is 276 Å². The van der Waals surface area contributed by atoms with Crippen LogP contribution in [0.1, 0.15) is 79.3 Å². The van der Waals surface area contributed by atoms with Crippen molar-refractivity contribution in [2.75, 3.05) is 37.0 Å². The first-order chi connectivity index (χ1) is 22.0. The van der Waals surface area contributed by atoms with Crippen LogP contribution in [-0.2, 0) is 43.4 Å². The van der Waals surface area contributed by atoms with Crippen molar-refractivity contribution in [3.8, 4) is 0 Å². The molecule has 0 unspecified atom stereocenters. The maximum absolute atomic E-state index is 12.3. The van der Waals surface area contributed by atoms with Crippen molar-refractivity contribution in [2.24, 2.45) is 4.99 Å². The number of fused-ring (bicyclic) bond motifs is 3. The number of anilines is 2. The summed E-state index contributed by atoms with van der Waals surface area (Å²) in [5.74, 6) is -0.798. The van der Waals surface area contributed by atoms with Crippen molar-refractivity contribution in [2.45, 2.75) is 74.1 Å². The van der Waals surface area contributed by atoms with Gasteiger partial charge in [-0.2, -0.15) is 16.8 Å². The second-order valence-electron chi connectivity index (χ2n) is 13.0. The molecule has 0 aromatic heterocycles. The molecule has 0 amide bonds. The molecule has 3 N–H and O–H groups in total. The molecule has 0 fully saturated rings. The average Bonchev–Trinajstić information content (AvgIpc) is 2.98. The van der Waals surface area contributed by atoms with Gasteiger partial charge < -0.3 is 14.9 Å². The highest BCUT2D eigenvalue weighted by Gasteiger charge is 2.38. The van der Waals surface area contributed by atoms with Gasteiger partial charge in [0, 0.05) is 68.1 Å². The smallest absolute Gasteiger partial charge is 0.303 e. The van der Waals surface area contributed by atoms with Crippen LogP contribution in [0.3, 0.4) is 0 Å². The van der Waals surface area contributed by atoms with Gasteiger partial charge >= 0.3 is 5.97 Å². The Bertz CT molecular complexity index is 1970. The molecule has 2 aliphatic rings. The lowest BCUT2D eigenvalue weighted by molar-refractivity contribution is -0.137. The third-order valence-electron chi connectivity index (χ3n) is 9.10. The van der Waals surface area contributed by atoms with Gasteiger partial charge in [-0.05, 0) is 84.3 Å². The van der Waals surface area contributed by atoms with Crippen LogP contribution >= 0.6 is 0 Å². The highest BCUT2D eigenvalue weighted by Crippen LogP contribution is 2.46. The summed E-state index contributed by atoms with van der Waals surface area (Å²) in [5, 5.41) is 8.99. The van der Waals surface area contributed by atoms with Gasteiger partial charge in [-0.15, -0.1) is 0 Å². The molecular weight excluding hydrogens is 643 g/mol. The van der Waals surface area contributed by atoms with Gasteiger partial charge in [0.25, 0.3) is 20.2 Å². The van der Waals surface area contributed by atoms with E-state index in [1.165, 1.54) is 6.07 Å². The van der Waals surface area contributed by atoms with Gasteiger partial charge in [0.1, 0.15) is 4.90 Å². The van der Waals surface area contributed by atoms with E-state index in [1.807, 2.05) is 19.0 Å². The second-order valence-corrected chi connectivity index (χ2v) is 15.8. The fourth-order valence-corrected chi connectivity index (χ4v) is 7.93. The maximum Gasteiger partial charge on any atom is 0.303 e. The summed E-state index contributed by atoms with van der Waals surface area (Å²) in [5.41, 5.74) is 7.99. The van der Waals surface area contributed by atoms with Gasteiger partial charge in [-0.25, -0.2) is 0 Å². The minimum Gasteiger partial charge on any atom is -0.481 e. The number of hydrogen-bond acceptors (Lipinski definition) is 8. The van der Waals surface area contributed by atoms with E-state index in [0.29, 0.717) is 19.5 Å². The first-order valence-corrected chi connectivity index (χ1v) is 18.5. The molecule has 47 heavy (non-hydrogen) atoms. The van der Waals surface area contributed by atoms with Gasteiger partial charge in [0.15, 0.2) is 0 Å². The lowest BCUT2D eigenvalue weighted by atomic mass is 9.67. The fraction of sp³-hybridized carbons (Fsp3) is 0.412. The SMILES string of the molecule is CN(C)c1ccc2c(c1)C(C)(C)c1cc3c(cc1C2=NCCCCCC(=O)O)CCCN3Cc1ccc(S(=O)(=O)O)cc1S(=O)(=O)O. The average molecular weight is 684 g/mol. The molecule has 3 aromatic carbocycles. The van der Waals surface area contributed by atoms with Crippen molar-refractivity contribution >= 4 is 43.3 Å².